The van der Waals surface area contributed by atoms with Crippen molar-refractivity contribution in [3.8, 4) is 0 Å². The van der Waals surface area contributed by atoms with Crippen LogP contribution in [0.4, 0.5) is 11.6 Å². The van der Waals surface area contributed by atoms with E-state index in [2.05, 4.69) is 15.3 Å². The van der Waals surface area contributed by atoms with E-state index < -0.39 is 0 Å². The lowest BCUT2D eigenvalue weighted by Crippen LogP contribution is -2.50. The Bertz CT molecular complexity index is 828. The number of carbonyl (C=O) groups is 2. The Labute approximate surface area is 153 Å². The Kier molecular flexibility index (Phi) is 5.16. The molecule has 0 spiro atoms. The van der Waals surface area contributed by atoms with Gasteiger partial charge in [0, 0.05) is 44.5 Å². The van der Waals surface area contributed by atoms with Crippen molar-refractivity contribution < 1.29 is 9.59 Å². The van der Waals surface area contributed by atoms with Crippen molar-refractivity contribution in [2.45, 2.75) is 20.8 Å². The molecule has 1 aliphatic heterocycles. The fraction of sp³-hybridized carbons (Fsp3) is 0.368. The summed E-state index contributed by atoms with van der Waals surface area (Å²) >= 11 is 0. The standard InChI is InChI=1S/C19H23N5O2/c1-13-5-4-6-16(11-13)21-19-20-14(2)12-17(22-19)18(26)24-9-7-23(8-10-24)15(3)25/h4-6,11-12H,7-10H2,1-3H3,(H,20,21,22). The predicted octanol–water partition coefficient (Wildman–Crippen LogP) is 2.14. The van der Waals surface area contributed by atoms with E-state index in [0.29, 0.717) is 37.8 Å². The molecule has 3 rings (SSSR count). The Morgan fingerprint density at radius 3 is 2.35 bits per heavy atom. The van der Waals surface area contributed by atoms with Crippen LogP contribution in [0.1, 0.15) is 28.7 Å². The summed E-state index contributed by atoms with van der Waals surface area (Å²) in [6.07, 6.45) is 0. The van der Waals surface area contributed by atoms with Gasteiger partial charge in [-0.25, -0.2) is 9.97 Å². The average molecular weight is 353 g/mol. The summed E-state index contributed by atoms with van der Waals surface area (Å²) in [5.41, 5.74) is 3.09. The van der Waals surface area contributed by atoms with Crippen LogP contribution < -0.4 is 5.32 Å². The zero-order valence-electron chi connectivity index (χ0n) is 15.3. The van der Waals surface area contributed by atoms with Gasteiger partial charge in [-0.15, -0.1) is 0 Å². The molecule has 1 aromatic carbocycles. The first kappa shape index (κ1) is 17.8. The van der Waals surface area contributed by atoms with E-state index in [0.717, 1.165) is 16.9 Å². The normalized spacial score (nSPS) is 14.3. The predicted molar refractivity (Wildman–Crippen MR) is 99.4 cm³/mol. The topological polar surface area (TPSA) is 78.4 Å². The van der Waals surface area contributed by atoms with Crippen LogP contribution in [0, 0.1) is 13.8 Å². The maximum atomic E-state index is 12.8. The van der Waals surface area contributed by atoms with Gasteiger partial charge in [-0.1, -0.05) is 12.1 Å². The number of rotatable bonds is 3. The first-order chi connectivity index (χ1) is 12.4. The van der Waals surface area contributed by atoms with Crippen LogP contribution in [-0.2, 0) is 4.79 Å². The highest BCUT2D eigenvalue weighted by atomic mass is 16.2. The molecule has 136 valence electrons. The molecule has 7 heteroatoms. The Balaban J connectivity index is 1.75. The largest absolute Gasteiger partial charge is 0.339 e. The molecule has 0 atom stereocenters. The number of anilines is 2. The van der Waals surface area contributed by atoms with Crippen molar-refractivity contribution in [2.24, 2.45) is 0 Å². The fourth-order valence-electron chi connectivity index (χ4n) is 2.97. The van der Waals surface area contributed by atoms with Crippen LogP contribution in [0.15, 0.2) is 30.3 Å². The minimum absolute atomic E-state index is 0.0413. The van der Waals surface area contributed by atoms with Crippen LogP contribution in [0.2, 0.25) is 0 Å². The second-order valence-electron chi connectivity index (χ2n) is 6.51. The molecule has 2 amide bonds. The van der Waals surface area contributed by atoms with Crippen molar-refractivity contribution in [3.05, 3.63) is 47.3 Å². The number of benzene rings is 1. The van der Waals surface area contributed by atoms with Crippen LogP contribution in [0.5, 0.6) is 0 Å². The summed E-state index contributed by atoms with van der Waals surface area (Å²) in [5, 5.41) is 3.16. The molecule has 0 aliphatic carbocycles. The first-order valence-corrected chi connectivity index (χ1v) is 8.66. The lowest BCUT2D eigenvalue weighted by molar-refractivity contribution is -0.130. The van der Waals surface area contributed by atoms with Crippen molar-refractivity contribution in [3.63, 3.8) is 0 Å². The molecule has 2 heterocycles. The van der Waals surface area contributed by atoms with E-state index in [1.165, 1.54) is 0 Å². The number of aromatic nitrogens is 2. The van der Waals surface area contributed by atoms with E-state index in [-0.39, 0.29) is 11.8 Å². The summed E-state index contributed by atoms with van der Waals surface area (Å²) in [6.45, 7) is 7.54. The molecule has 1 aliphatic rings. The molecule has 2 aromatic rings. The lowest BCUT2D eigenvalue weighted by atomic mass is 10.2. The van der Waals surface area contributed by atoms with Crippen LogP contribution in [0.25, 0.3) is 0 Å². The van der Waals surface area contributed by atoms with Gasteiger partial charge in [0.1, 0.15) is 5.69 Å². The molecule has 7 nitrogen and oxygen atoms in total. The number of piperazine rings is 1. The highest BCUT2D eigenvalue weighted by Crippen LogP contribution is 2.16. The molecule has 26 heavy (non-hydrogen) atoms. The van der Waals surface area contributed by atoms with E-state index in [9.17, 15) is 9.59 Å². The first-order valence-electron chi connectivity index (χ1n) is 8.66. The average Bonchev–Trinajstić information content (AvgIpc) is 2.60. The third kappa shape index (κ3) is 4.17. The van der Waals surface area contributed by atoms with Crippen LogP contribution in [-0.4, -0.2) is 57.8 Å². The highest BCUT2D eigenvalue weighted by Gasteiger charge is 2.24. The van der Waals surface area contributed by atoms with Gasteiger partial charge in [-0.05, 0) is 37.6 Å². The maximum absolute atomic E-state index is 12.8. The molecule has 1 N–H and O–H groups in total. The molecule has 1 saturated heterocycles. The third-order valence-electron chi connectivity index (χ3n) is 4.36. The zero-order valence-corrected chi connectivity index (χ0v) is 15.3. The Morgan fingerprint density at radius 1 is 1.00 bits per heavy atom. The Hall–Kier alpha value is -2.96. The number of hydrogen-bond donors (Lipinski definition) is 1. The third-order valence-corrected chi connectivity index (χ3v) is 4.36. The summed E-state index contributed by atoms with van der Waals surface area (Å²) in [5.74, 6) is 0.312. The number of nitrogens with zero attached hydrogens (tertiary/aromatic N) is 4. The van der Waals surface area contributed by atoms with Gasteiger partial charge < -0.3 is 15.1 Å². The smallest absolute Gasteiger partial charge is 0.272 e. The van der Waals surface area contributed by atoms with Crippen LogP contribution >= 0.6 is 0 Å². The summed E-state index contributed by atoms with van der Waals surface area (Å²) in [6, 6.07) is 9.59. The summed E-state index contributed by atoms with van der Waals surface area (Å²) < 4.78 is 0. The second-order valence-corrected chi connectivity index (χ2v) is 6.51. The molecule has 0 bridgehead atoms. The number of carbonyl (C=O) groups excluding carboxylic acids is 2. The molecule has 1 fully saturated rings. The van der Waals surface area contributed by atoms with Gasteiger partial charge in [0.15, 0.2) is 0 Å². The molecule has 0 unspecified atom stereocenters. The number of aryl methyl sites for hydroxylation is 2. The van der Waals surface area contributed by atoms with Gasteiger partial charge >= 0.3 is 0 Å². The minimum atomic E-state index is -0.133. The summed E-state index contributed by atoms with van der Waals surface area (Å²) in [4.78, 5) is 36.5. The van der Waals surface area contributed by atoms with Gasteiger partial charge in [0.2, 0.25) is 11.9 Å². The van der Waals surface area contributed by atoms with Gasteiger partial charge in [-0.2, -0.15) is 0 Å². The molecular weight excluding hydrogens is 330 g/mol. The quantitative estimate of drug-likeness (QED) is 0.915. The van der Waals surface area contributed by atoms with Crippen LogP contribution in [0.3, 0.4) is 0 Å². The highest BCUT2D eigenvalue weighted by molar-refractivity contribution is 5.93. The number of nitrogens with one attached hydrogen (secondary N) is 1. The molecule has 0 radical (unpaired) electrons. The Morgan fingerprint density at radius 2 is 1.69 bits per heavy atom. The van der Waals surface area contributed by atoms with Gasteiger partial charge in [0.05, 0.1) is 0 Å². The maximum Gasteiger partial charge on any atom is 0.272 e. The number of hydrogen-bond acceptors (Lipinski definition) is 5. The number of amides is 2. The van der Waals surface area contributed by atoms with Gasteiger partial charge in [-0.3, -0.25) is 9.59 Å². The fourth-order valence-corrected chi connectivity index (χ4v) is 2.97. The monoisotopic (exact) mass is 353 g/mol. The van der Waals surface area contributed by atoms with Crippen molar-refractivity contribution in [1.82, 2.24) is 19.8 Å². The van der Waals surface area contributed by atoms with Crippen molar-refractivity contribution in [1.29, 1.82) is 0 Å². The van der Waals surface area contributed by atoms with E-state index in [1.807, 2.05) is 38.1 Å². The van der Waals surface area contributed by atoms with E-state index >= 15 is 0 Å². The van der Waals surface area contributed by atoms with E-state index in [1.54, 1.807) is 22.8 Å². The van der Waals surface area contributed by atoms with Crippen molar-refractivity contribution in [2.75, 3.05) is 31.5 Å². The van der Waals surface area contributed by atoms with Gasteiger partial charge in [0.25, 0.3) is 5.91 Å². The SMILES string of the molecule is CC(=O)N1CCN(C(=O)c2cc(C)nc(Nc3cccc(C)c3)n2)CC1. The summed E-state index contributed by atoms with van der Waals surface area (Å²) in [7, 11) is 0. The molecular formula is C19H23N5O2. The zero-order chi connectivity index (χ0) is 18.7. The second kappa shape index (κ2) is 7.51. The molecule has 1 aromatic heterocycles. The molecule has 0 saturated carbocycles. The lowest BCUT2D eigenvalue weighted by Gasteiger charge is -2.34. The minimum Gasteiger partial charge on any atom is -0.339 e. The van der Waals surface area contributed by atoms with Crippen molar-refractivity contribution >= 4 is 23.5 Å². The van der Waals surface area contributed by atoms with E-state index in [4.69, 9.17) is 0 Å².